The summed E-state index contributed by atoms with van der Waals surface area (Å²) in [6.45, 7) is 4.80. The smallest absolute Gasteiger partial charge is 0.176 e. The fourth-order valence-electron chi connectivity index (χ4n) is 2.05. The van der Waals surface area contributed by atoms with E-state index in [4.69, 9.17) is 4.43 Å². The summed E-state index contributed by atoms with van der Waals surface area (Å²) >= 11 is 0. The predicted molar refractivity (Wildman–Crippen MR) is 65.2 cm³/mol. The van der Waals surface area contributed by atoms with Gasteiger partial charge in [-0.1, -0.05) is 31.8 Å². The van der Waals surface area contributed by atoms with Crippen molar-refractivity contribution in [1.29, 1.82) is 0 Å². The number of unbranched alkanes of at least 4 members (excludes halogenated alkanes) is 4. The highest BCUT2D eigenvalue weighted by molar-refractivity contribution is 6.51. The molecule has 1 rings (SSSR count). The maximum Gasteiger partial charge on any atom is 0.176 e. The first-order chi connectivity index (χ1) is 6.93. The first-order valence-corrected chi connectivity index (χ1v) is 8.26. The lowest BCUT2D eigenvalue weighted by Gasteiger charge is -2.20. The minimum Gasteiger partial charge on any atom is -0.420 e. The van der Waals surface area contributed by atoms with E-state index >= 15 is 0 Å². The first-order valence-electron chi connectivity index (χ1n) is 6.16. The minimum atomic E-state index is -0.705. The molecule has 0 radical (unpaired) electrons. The molecule has 2 heteroatoms. The van der Waals surface area contributed by atoms with Crippen LogP contribution in [0.2, 0.25) is 12.1 Å². The molecular weight excluding hydrogens is 188 g/mol. The summed E-state index contributed by atoms with van der Waals surface area (Å²) in [6.07, 6.45) is 11.5. The van der Waals surface area contributed by atoms with E-state index in [0.717, 1.165) is 6.61 Å². The molecule has 1 heterocycles. The fraction of sp³-hybridized carbons (Fsp3) is 0.833. The molecule has 1 nitrogen and oxygen atoms in total. The molecule has 0 aromatic rings. The van der Waals surface area contributed by atoms with Crippen LogP contribution in [0.15, 0.2) is 12.7 Å². The molecule has 1 aliphatic rings. The highest BCUT2D eigenvalue weighted by Crippen LogP contribution is 2.17. The van der Waals surface area contributed by atoms with Gasteiger partial charge in [-0.25, -0.2) is 0 Å². The quantitative estimate of drug-likeness (QED) is 0.355. The summed E-state index contributed by atoms with van der Waals surface area (Å²) in [5.74, 6) is 0. The van der Waals surface area contributed by atoms with Crippen LogP contribution in [0.1, 0.15) is 44.9 Å². The average Bonchev–Trinajstić information content (AvgIpc) is 2.25. The van der Waals surface area contributed by atoms with Crippen molar-refractivity contribution in [2.75, 3.05) is 6.61 Å². The van der Waals surface area contributed by atoms with Gasteiger partial charge in [0.15, 0.2) is 9.04 Å². The van der Waals surface area contributed by atoms with Crippen LogP contribution >= 0.6 is 0 Å². The Morgan fingerprint density at radius 1 is 1.14 bits per heavy atom. The van der Waals surface area contributed by atoms with Crippen molar-refractivity contribution in [3.05, 3.63) is 12.7 Å². The van der Waals surface area contributed by atoms with Gasteiger partial charge < -0.3 is 4.43 Å². The Hall–Kier alpha value is -0.0831. The maximum absolute atomic E-state index is 5.83. The lowest BCUT2D eigenvalue weighted by molar-refractivity contribution is 0.285. The molecule has 0 aromatic carbocycles. The van der Waals surface area contributed by atoms with Gasteiger partial charge in [-0.2, -0.15) is 0 Å². The molecule has 1 aliphatic heterocycles. The summed E-state index contributed by atoms with van der Waals surface area (Å²) in [7, 11) is -0.705. The predicted octanol–water partition coefficient (Wildman–Crippen LogP) is 3.66. The Morgan fingerprint density at radius 2 is 2.00 bits per heavy atom. The standard InChI is InChI=1S/C12H24OSi/c1-2-3-4-5-6-8-11-14-12-9-7-10-13-14/h2,14H,1,3-12H2. The molecule has 82 valence electrons. The largest absolute Gasteiger partial charge is 0.420 e. The Bertz CT molecular complexity index is 141. The van der Waals surface area contributed by atoms with Gasteiger partial charge in [0.2, 0.25) is 0 Å². The summed E-state index contributed by atoms with van der Waals surface area (Å²) < 4.78 is 5.83. The zero-order valence-electron chi connectivity index (χ0n) is 9.34. The topological polar surface area (TPSA) is 9.23 Å². The second kappa shape index (κ2) is 8.24. The first kappa shape index (κ1) is 12.0. The van der Waals surface area contributed by atoms with Crippen molar-refractivity contribution in [1.82, 2.24) is 0 Å². The third-order valence-electron chi connectivity index (χ3n) is 2.96. The van der Waals surface area contributed by atoms with Crippen molar-refractivity contribution in [2.24, 2.45) is 0 Å². The van der Waals surface area contributed by atoms with Crippen molar-refractivity contribution in [3.8, 4) is 0 Å². The molecule has 1 fully saturated rings. The van der Waals surface area contributed by atoms with Gasteiger partial charge >= 0.3 is 0 Å². The molecule has 1 saturated heterocycles. The van der Waals surface area contributed by atoms with Crippen LogP contribution in [0.25, 0.3) is 0 Å². The van der Waals surface area contributed by atoms with Crippen molar-refractivity contribution < 1.29 is 4.43 Å². The molecule has 0 N–H and O–H groups in total. The third-order valence-corrected chi connectivity index (χ3v) is 5.77. The zero-order chi connectivity index (χ0) is 10.1. The van der Waals surface area contributed by atoms with E-state index in [1.54, 1.807) is 0 Å². The molecule has 0 spiro atoms. The van der Waals surface area contributed by atoms with Gasteiger partial charge in [-0.05, 0) is 31.4 Å². The SMILES string of the molecule is C=CCCCCCC[SiH]1CCCCO1. The fourth-order valence-corrected chi connectivity index (χ4v) is 4.66. The van der Waals surface area contributed by atoms with E-state index in [-0.39, 0.29) is 0 Å². The summed E-state index contributed by atoms with van der Waals surface area (Å²) in [4.78, 5) is 0. The van der Waals surface area contributed by atoms with E-state index in [0.29, 0.717) is 0 Å². The molecule has 0 aliphatic carbocycles. The van der Waals surface area contributed by atoms with Gasteiger partial charge in [0.25, 0.3) is 0 Å². The third kappa shape index (κ3) is 5.61. The Morgan fingerprint density at radius 3 is 2.71 bits per heavy atom. The molecule has 1 atom stereocenters. The van der Waals surface area contributed by atoms with Crippen molar-refractivity contribution in [2.45, 2.75) is 57.0 Å². The second-order valence-corrected chi connectivity index (χ2v) is 7.00. The van der Waals surface area contributed by atoms with Crippen LogP contribution in [-0.2, 0) is 4.43 Å². The summed E-state index contributed by atoms with van der Waals surface area (Å²) in [6, 6.07) is 2.86. The monoisotopic (exact) mass is 212 g/mol. The van der Waals surface area contributed by atoms with Crippen molar-refractivity contribution >= 4 is 9.04 Å². The van der Waals surface area contributed by atoms with E-state index in [1.807, 2.05) is 6.08 Å². The van der Waals surface area contributed by atoms with E-state index in [1.165, 1.54) is 57.0 Å². The zero-order valence-corrected chi connectivity index (χ0v) is 10.5. The van der Waals surface area contributed by atoms with Crippen LogP contribution < -0.4 is 0 Å². The second-order valence-electron chi connectivity index (χ2n) is 4.27. The molecule has 1 unspecified atom stereocenters. The molecule has 0 saturated carbocycles. The van der Waals surface area contributed by atoms with Crippen LogP contribution in [0.5, 0.6) is 0 Å². The highest BCUT2D eigenvalue weighted by Gasteiger charge is 2.14. The van der Waals surface area contributed by atoms with Crippen LogP contribution in [0.4, 0.5) is 0 Å². The Labute approximate surface area is 90.3 Å². The minimum absolute atomic E-state index is 0.705. The van der Waals surface area contributed by atoms with Crippen LogP contribution in [-0.4, -0.2) is 15.6 Å². The lowest BCUT2D eigenvalue weighted by Crippen LogP contribution is -2.22. The van der Waals surface area contributed by atoms with Gasteiger partial charge in [0.1, 0.15) is 0 Å². The van der Waals surface area contributed by atoms with Gasteiger partial charge in [0, 0.05) is 6.61 Å². The highest BCUT2D eigenvalue weighted by atomic mass is 28.3. The van der Waals surface area contributed by atoms with E-state index in [2.05, 4.69) is 6.58 Å². The summed E-state index contributed by atoms with van der Waals surface area (Å²) in [5.41, 5.74) is 0. The van der Waals surface area contributed by atoms with E-state index in [9.17, 15) is 0 Å². The van der Waals surface area contributed by atoms with Crippen LogP contribution in [0.3, 0.4) is 0 Å². The molecule has 0 aromatic heterocycles. The maximum atomic E-state index is 5.83. The molecule has 0 amide bonds. The molecule has 14 heavy (non-hydrogen) atoms. The average molecular weight is 212 g/mol. The Balaban J connectivity index is 1.85. The van der Waals surface area contributed by atoms with E-state index < -0.39 is 9.04 Å². The number of hydrogen-bond donors (Lipinski definition) is 0. The normalized spacial score (nSPS) is 22.1. The van der Waals surface area contributed by atoms with Crippen LogP contribution in [0, 0.1) is 0 Å². The Kier molecular flexibility index (Phi) is 7.06. The number of allylic oxidation sites excluding steroid dienone is 1. The van der Waals surface area contributed by atoms with Crippen molar-refractivity contribution in [3.63, 3.8) is 0 Å². The van der Waals surface area contributed by atoms with Gasteiger partial charge in [0.05, 0.1) is 0 Å². The number of rotatable bonds is 7. The molecule has 0 bridgehead atoms. The lowest BCUT2D eigenvalue weighted by atomic mass is 10.1. The molecular formula is C12H24OSi. The summed E-state index contributed by atoms with van der Waals surface area (Å²) in [5, 5.41) is 0. The van der Waals surface area contributed by atoms with Gasteiger partial charge in [-0.15, -0.1) is 6.58 Å². The number of hydrogen-bond acceptors (Lipinski definition) is 1. The van der Waals surface area contributed by atoms with Gasteiger partial charge in [-0.3, -0.25) is 0 Å².